The Morgan fingerprint density at radius 3 is 2.63 bits per heavy atom. The molecule has 0 spiro atoms. The summed E-state index contributed by atoms with van der Waals surface area (Å²) in [6.45, 7) is 4.82. The summed E-state index contributed by atoms with van der Waals surface area (Å²) < 4.78 is 1.29. The van der Waals surface area contributed by atoms with Crippen molar-refractivity contribution in [1.82, 2.24) is 5.32 Å². The van der Waals surface area contributed by atoms with Crippen LogP contribution >= 0.6 is 15.9 Å². The molecule has 1 saturated carbocycles. The first kappa shape index (κ1) is 13.6. The van der Waals surface area contributed by atoms with E-state index in [1.807, 2.05) is 0 Å². The standard InChI is InChI=1S/C17H24BrN/c1-17(2)10-8-12(9-11-17)19-16-7-6-13-14(16)4-3-5-15(13)18/h3-5,12,16,19H,6-11H2,1-2H3. The molecule has 2 aliphatic rings. The average molecular weight is 322 g/mol. The van der Waals surface area contributed by atoms with Crippen molar-refractivity contribution in [2.75, 3.05) is 0 Å². The normalized spacial score (nSPS) is 26.4. The summed E-state index contributed by atoms with van der Waals surface area (Å²) >= 11 is 3.69. The van der Waals surface area contributed by atoms with Crippen LogP contribution in [0.5, 0.6) is 0 Å². The van der Waals surface area contributed by atoms with Gasteiger partial charge in [0.2, 0.25) is 0 Å². The van der Waals surface area contributed by atoms with Gasteiger partial charge < -0.3 is 5.32 Å². The number of hydrogen-bond acceptors (Lipinski definition) is 1. The molecule has 1 atom stereocenters. The van der Waals surface area contributed by atoms with E-state index >= 15 is 0 Å². The van der Waals surface area contributed by atoms with Gasteiger partial charge in [-0.1, -0.05) is 41.9 Å². The second-order valence-corrected chi connectivity index (χ2v) is 7.86. The molecule has 19 heavy (non-hydrogen) atoms. The lowest BCUT2D eigenvalue weighted by Crippen LogP contribution is -2.37. The van der Waals surface area contributed by atoms with Gasteiger partial charge in [0.15, 0.2) is 0 Å². The van der Waals surface area contributed by atoms with Crippen LogP contribution in [0.3, 0.4) is 0 Å². The van der Waals surface area contributed by atoms with Gasteiger partial charge in [-0.15, -0.1) is 0 Å². The minimum atomic E-state index is 0.564. The summed E-state index contributed by atoms with van der Waals surface area (Å²) in [7, 11) is 0. The third-order valence-electron chi connectivity index (χ3n) is 4.99. The number of nitrogens with one attached hydrogen (secondary N) is 1. The molecule has 0 saturated heterocycles. The lowest BCUT2D eigenvalue weighted by atomic mass is 9.75. The number of halogens is 1. The van der Waals surface area contributed by atoms with E-state index in [0.717, 1.165) is 6.04 Å². The second-order valence-electron chi connectivity index (χ2n) is 7.00. The van der Waals surface area contributed by atoms with Crippen LogP contribution in [0.4, 0.5) is 0 Å². The van der Waals surface area contributed by atoms with E-state index < -0.39 is 0 Å². The Morgan fingerprint density at radius 2 is 1.89 bits per heavy atom. The summed E-state index contributed by atoms with van der Waals surface area (Å²) in [6.07, 6.45) is 7.88. The van der Waals surface area contributed by atoms with Gasteiger partial charge in [-0.25, -0.2) is 0 Å². The topological polar surface area (TPSA) is 12.0 Å². The molecule has 0 heterocycles. The van der Waals surface area contributed by atoms with E-state index in [9.17, 15) is 0 Å². The summed E-state index contributed by atoms with van der Waals surface area (Å²) in [5.74, 6) is 0. The van der Waals surface area contributed by atoms with E-state index in [1.54, 1.807) is 0 Å². The molecule has 0 radical (unpaired) electrons. The minimum Gasteiger partial charge on any atom is -0.307 e. The van der Waals surface area contributed by atoms with Gasteiger partial charge in [0.1, 0.15) is 0 Å². The monoisotopic (exact) mass is 321 g/mol. The fourth-order valence-electron chi connectivity index (χ4n) is 3.63. The highest BCUT2D eigenvalue weighted by molar-refractivity contribution is 9.10. The molecule has 0 aliphatic heterocycles. The molecule has 1 aromatic carbocycles. The average Bonchev–Trinajstić information content (AvgIpc) is 2.77. The highest BCUT2D eigenvalue weighted by Crippen LogP contribution is 2.39. The summed E-state index contributed by atoms with van der Waals surface area (Å²) in [5.41, 5.74) is 3.62. The summed E-state index contributed by atoms with van der Waals surface area (Å²) in [5, 5.41) is 3.92. The molecular formula is C17H24BrN. The van der Waals surface area contributed by atoms with Crippen molar-refractivity contribution in [1.29, 1.82) is 0 Å². The molecule has 1 unspecified atom stereocenters. The minimum absolute atomic E-state index is 0.564. The van der Waals surface area contributed by atoms with Crippen molar-refractivity contribution in [3.63, 3.8) is 0 Å². The zero-order chi connectivity index (χ0) is 13.5. The Balaban J connectivity index is 1.66. The lowest BCUT2D eigenvalue weighted by molar-refractivity contribution is 0.198. The van der Waals surface area contributed by atoms with Crippen LogP contribution < -0.4 is 5.32 Å². The predicted octanol–water partition coefficient (Wildman–Crippen LogP) is 4.99. The molecule has 0 amide bonds. The van der Waals surface area contributed by atoms with E-state index in [0.29, 0.717) is 11.5 Å². The molecule has 0 bridgehead atoms. The van der Waals surface area contributed by atoms with Crippen molar-refractivity contribution >= 4 is 15.9 Å². The van der Waals surface area contributed by atoms with Crippen LogP contribution in [0.2, 0.25) is 0 Å². The number of hydrogen-bond donors (Lipinski definition) is 1. The Morgan fingerprint density at radius 1 is 1.16 bits per heavy atom. The quantitative estimate of drug-likeness (QED) is 0.808. The Kier molecular flexibility index (Phi) is 3.74. The van der Waals surface area contributed by atoms with Gasteiger partial charge in [-0.05, 0) is 61.1 Å². The first-order valence-electron chi connectivity index (χ1n) is 7.58. The predicted molar refractivity (Wildman–Crippen MR) is 84.4 cm³/mol. The zero-order valence-electron chi connectivity index (χ0n) is 12.0. The fourth-order valence-corrected chi connectivity index (χ4v) is 4.21. The van der Waals surface area contributed by atoms with Crippen molar-refractivity contribution in [2.24, 2.45) is 5.41 Å². The van der Waals surface area contributed by atoms with E-state index in [-0.39, 0.29) is 0 Å². The molecule has 1 N–H and O–H groups in total. The second kappa shape index (κ2) is 5.21. The van der Waals surface area contributed by atoms with Crippen molar-refractivity contribution in [3.8, 4) is 0 Å². The number of rotatable bonds is 2. The first-order valence-corrected chi connectivity index (χ1v) is 8.38. The van der Waals surface area contributed by atoms with Crippen LogP contribution in [0.15, 0.2) is 22.7 Å². The molecule has 2 aliphatic carbocycles. The van der Waals surface area contributed by atoms with Gasteiger partial charge in [0.25, 0.3) is 0 Å². The third kappa shape index (κ3) is 2.90. The molecule has 1 nitrogen and oxygen atoms in total. The number of fused-ring (bicyclic) bond motifs is 1. The Hall–Kier alpha value is -0.340. The Bertz CT molecular complexity index is 456. The number of benzene rings is 1. The van der Waals surface area contributed by atoms with Gasteiger partial charge in [0.05, 0.1) is 0 Å². The highest BCUT2D eigenvalue weighted by atomic mass is 79.9. The SMILES string of the molecule is CC1(C)CCC(NC2CCc3c(Br)cccc32)CC1. The largest absolute Gasteiger partial charge is 0.307 e. The van der Waals surface area contributed by atoms with Gasteiger partial charge >= 0.3 is 0 Å². The van der Waals surface area contributed by atoms with E-state index in [4.69, 9.17) is 0 Å². The highest BCUT2D eigenvalue weighted by Gasteiger charge is 2.30. The molecule has 2 heteroatoms. The smallest absolute Gasteiger partial charge is 0.0328 e. The van der Waals surface area contributed by atoms with Crippen molar-refractivity contribution in [3.05, 3.63) is 33.8 Å². The van der Waals surface area contributed by atoms with Gasteiger partial charge in [-0.3, -0.25) is 0 Å². The van der Waals surface area contributed by atoms with Crippen molar-refractivity contribution in [2.45, 2.75) is 64.5 Å². The summed E-state index contributed by atoms with van der Waals surface area (Å²) in [4.78, 5) is 0. The fraction of sp³-hybridized carbons (Fsp3) is 0.647. The van der Waals surface area contributed by atoms with Crippen LogP contribution in [0, 0.1) is 5.41 Å². The zero-order valence-corrected chi connectivity index (χ0v) is 13.6. The molecule has 1 aromatic rings. The van der Waals surface area contributed by atoms with Crippen molar-refractivity contribution < 1.29 is 0 Å². The third-order valence-corrected chi connectivity index (χ3v) is 5.73. The van der Waals surface area contributed by atoms with E-state index in [1.165, 1.54) is 54.1 Å². The molecule has 104 valence electrons. The van der Waals surface area contributed by atoms with Crippen LogP contribution in [-0.2, 0) is 6.42 Å². The van der Waals surface area contributed by atoms with Gasteiger partial charge in [-0.2, -0.15) is 0 Å². The van der Waals surface area contributed by atoms with E-state index in [2.05, 4.69) is 53.3 Å². The van der Waals surface area contributed by atoms with Crippen LogP contribution in [0.25, 0.3) is 0 Å². The molecule has 3 rings (SSSR count). The maximum atomic E-state index is 3.92. The maximum Gasteiger partial charge on any atom is 0.0328 e. The van der Waals surface area contributed by atoms with Gasteiger partial charge in [0, 0.05) is 16.6 Å². The molecular weight excluding hydrogens is 298 g/mol. The lowest BCUT2D eigenvalue weighted by Gasteiger charge is -2.36. The summed E-state index contributed by atoms with van der Waals surface area (Å²) in [6, 6.07) is 7.95. The molecule has 1 fully saturated rings. The maximum absolute atomic E-state index is 3.92. The van der Waals surface area contributed by atoms with Crippen LogP contribution in [0.1, 0.15) is 63.1 Å². The first-order chi connectivity index (χ1) is 9.05. The molecule has 0 aromatic heterocycles. The Labute approximate surface area is 125 Å². The van der Waals surface area contributed by atoms with Crippen LogP contribution in [-0.4, -0.2) is 6.04 Å².